The zero-order valence-corrected chi connectivity index (χ0v) is 8.70. The first-order valence-electron chi connectivity index (χ1n) is 5.24. The Hall–Kier alpha value is -0.120. The molecular weight excluding hydrogens is 166 g/mol. The summed E-state index contributed by atoms with van der Waals surface area (Å²) >= 11 is 0. The van der Waals surface area contributed by atoms with E-state index in [0.29, 0.717) is 6.10 Å². The molecule has 3 heteroatoms. The molecule has 0 aromatic carbocycles. The van der Waals surface area contributed by atoms with Crippen molar-refractivity contribution in [1.82, 2.24) is 4.90 Å². The molecule has 0 aromatic rings. The van der Waals surface area contributed by atoms with E-state index in [1.807, 2.05) is 6.92 Å². The van der Waals surface area contributed by atoms with Crippen molar-refractivity contribution in [2.45, 2.75) is 38.9 Å². The van der Waals surface area contributed by atoms with Crippen LogP contribution in [0.5, 0.6) is 0 Å². The average Bonchev–Trinajstić information content (AvgIpc) is 2.55. The van der Waals surface area contributed by atoms with Gasteiger partial charge in [-0.2, -0.15) is 0 Å². The van der Waals surface area contributed by atoms with Crippen LogP contribution in [-0.4, -0.2) is 48.5 Å². The number of aliphatic hydroxyl groups is 1. The Balaban J connectivity index is 2.21. The largest absolute Gasteiger partial charge is 0.392 e. The number of ether oxygens (including phenoxy) is 1. The SMILES string of the molecule is CCN(CC(C)O)CC1CCCO1. The van der Waals surface area contributed by atoms with E-state index in [0.717, 1.165) is 26.2 Å². The zero-order chi connectivity index (χ0) is 9.68. The fourth-order valence-corrected chi connectivity index (χ4v) is 1.78. The van der Waals surface area contributed by atoms with Crippen molar-refractivity contribution in [3.63, 3.8) is 0 Å². The van der Waals surface area contributed by atoms with E-state index in [2.05, 4.69) is 11.8 Å². The molecule has 0 aromatic heterocycles. The van der Waals surface area contributed by atoms with E-state index in [9.17, 15) is 5.11 Å². The van der Waals surface area contributed by atoms with E-state index >= 15 is 0 Å². The predicted octanol–water partition coefficient (Wildman–Crippen LogP) is 0.868. The molecule has 1 fully saturated rings. The Morgan fingerprint density at radius 2 is 2.38 bits per heavy atom. The van der Waals surface area contributed by atoms with Gasteiger partial charge in [-0.05, 0) is 26.3 Å². The van der Waals surface area contributed by atoms with Crippen LogP contribution in [0.4, 0.5) is 0 Å². The lowest BCUT2D eigenvalue weighted by Gasteiger charge is -2.24. The molecule has 2 atom stereocenters. The molecule has 13 heavy (non-hydrogen) atoms. The summed E-state index contributed by atoms with van der Waals surface area (Å²) < 4.78 is 5.54. The standard InChI is InChI=1S/C10H21NO2/c1-3-11(7-9(2)12)8-10-5-4-6-13-10/h9-10,12H,3-8H2,1-2H3. The summed E-state index contributed by atoms with van der Waals surface area (Å²) in [6.45, 7) is 7.59. The number of rotatable bonds is 5. The van der Waals surface area contributed by atoms with Gasteiger partial charge < -0.3 is 9.84 Å². The van der Waals surface area contributed by atoms with Crippen molar-refractivity contribution in [3.8, 4) is 0 Å². The van der Waals surface area contributed by atoms with Crippen LogP contribution >= 0.6 is 0 Å². The number of nitrogens with zero attached hydrogens (tertiary/aromatic N) is 1. The summed E-state index contributed by atoms with van der Waals surface area (Å²) in [5.41, 5.74) is 0. The fraction of sp³-hybridized carbons (Fsp3) is 1.00. The van der Waals surface area contributed by atoms with Crippen LogP contribution < -0.4 is 0 Å². The van der Waals surface area contributed by atoms with Crippen LogP contribution in [0.1, 0.15) is 26.7 Å². The van der Waals surface area contributed by atoms with Crippen LogP contribution in [0.25, 0.3) is 0 Å². The number of hydrogen-bond acceptors (Lipinski definition) is 3. The van der Waals surface area contributed by atoms with Crippen molar-refractivity contribution < 1.29 is 9.84 Å². The number of likely N-dealkylation sites (N-methyl/N-ethyl adjacent to an activating group) is 1. The topological polar surface area (TPSA) is 32.7 Å². The average molecular weight is 187 g/mol. The van der Waals surface area contributed by atoms with Gasteiger partial charge in [-0.3, -0.25) is 4.90 Å². The summed E-state index contributed by atoms with van der Waals surface area (Å²) in [7, 11) is 0. The van der Waals surface area contributed by atoms with Crippen molar-refractivity contribution >= 4 is 0 Å². The summed E-state index contributed by atoms with van der Waals surface area (Å²) in [6.07, 6.45) is 2.53. The quantitative estimate of drug-likeness (QED) is 0.693. The second kappa shape index (κ2) is 5.58. The normalized spacial score (nSPS) is 25.4. The Morgan fingerprint density at radius 1 is 1.62 bits per heavy atom. The predicted molar refractivity (Wildman–Crippen MR) is 52.8 cm³/mol. The molecule has 1 aliphatic rings. The minimum Gasteiger partial charge on any atom is -0.392 e. The van der Waals surface area contributed by atoms with Gasteiger partial charge in [0.2, 0.25) is 0 Å². The van der Waals surface area contributed by atoms with Gasteiger partial charge in [0.15, 0.2) is 0 Å². The van der Waals surface area contributed by atoms with E-state index in [-0.39, 0.29) is 6.10 Å². The molecule has 1 N–H and O–H groups in total. The third-order valence-electron chi connectivity index (χ3n) is 2.46. The van der Waals surface area contributed by atoms with E-state index in [1.165, 1.54) is 12.8 Å². The van der Waals surface area contributed by atoms with Gasteiger partial charge in [0.05, 0.1) is 12.2 Å². The molecule has 0 amide bonds. The second-order valence-corrected chi connectivity index (χ2v) is 3.84. The first kappa shape index (κ1) is 11.0. The highest BCUT2D eigenvalue weighted by atomic mass is 16.5. The fourth-order valence-electron chi connectivity index (χ4n) is 1.78. The van der Waals surface area contributed by atoms with Gasteiger partial charge in [-0.1, -0.05) is 6.92 Å². The van der Waals surface area contributed by atoms with Crippen LogP contribution in [0.3, 0.4) is 0 Å². The molecule has 1 aliphatic heterocycles. The minimum absolute atomic E-state index is 0.235. The van der Waals surface area contributed by atoms with Crippen LogP contribution in [0.2, 0.25) is 0 Å². The lowest BCUT2D eigenvalue weighted by molar-refractivity contribution is 0.0559. The Kier molecular flexibility index (Phi) is 4.70. The zero-order valence-electron chi connectivity index (χ0n) is 8.70. The van der Waals surface area contributed by atoms with Crippen molar-refractivity contribution in [2.75, 3.05) is 26.2 Å². The maximum atomic E-state index is 9.25. The van der Waals surface area contributed by atoms with Crippen molar-refractivity contribution in [3.05, 3.63) is 0 Å². The smallest absolute Gasteiger partial charge is 0.0702 e. The molecule has 3 nitrogen and oxygen atoms in total. The van der Waals surface area contributed by atoms with Gasteiger partial charge in [-0.25, -0.2) is 0 Å². The van der Waals surface area contributed by atoms with E-state index in [4.69, 9.17) is 4.74 Å². The monoisotopic (exact) mass is 187 g/mol. The Labute approximate surface area is 80.7 Å². The molecule has 78 valence electrons. The second-order valence-electron chi connectivity index (χ2n) is 3.84. The molecule has 0 bridgehead atoms. The number of aliphatic hydroxyl groups excluding tert-OH is 1. The Bertz CT molecular complexity index is 133. The summed E-state index contributed by atoms with van der Waals surface area (Å²) in [5.74, 6) is 0. The molecule has 0 aliphatic carbocycles. The van der Waals surface area contributed by atoms with Gasteiger partial charge in [0, 0.05) is 19.7 Å². The first-order valence-corrected chi connectivity index (χ1v) is 5.24. The van der Waals surface area contributed by atoms with Crippen LogP contribution in [0, 0.1) is 0 Å². The van der Waals surface area contributed by atoms with Crippen molar-refractivity contribution in [2.24, 2.45) is 0 Å². The summed E-state index contributed by atoms with van der Waals surface area (Å²) in [5, 5.41) is 9.25. The highest BCUT2D eigenvalue weighted by molar-refractivity contribution is 4.70. The molecule has 1 rings (SSSR count). The van der Waals surface area contributed by atoms with Crippen molar-refractivity contribution in [1.29, 1.82) is 0 Å². The summed E-state index contributed by atoms with van der Waals surface area (Å²) in [4.78, 5) is 2.25. The van der Waals surface area contributed by atoms with Gasteiger partial charge >= 0.3 is 0 Å². The summed E-state index contributed by atoms with van der Waals surface area (Å²) in [6, 6.07) is 0. The lowest BCUT2D eigenvalue weighted by Crippen LogP contribution is -2.36. The highest BCUT2D eigenvalue weighted by Gasteiger charge is 2.18. The van der Waals surface area contributed by atoms with E-state index in [1.54, 1.807) is 0 Å². The maximum absolute atomic E-state index is 9.25. The number of hydrogen-bond donors (Lipinski definition) is 1. The van der Waals surface area contributed by atoms with Gasteiger partial charge in [-0.15, -0.1) is 0 Å². The lowest BCUT2D eigenvalue weighted by atomic mass is 10.2. The third kappa shape index (κ3) is 4.07. The molecule has 0 spiro atoms. The first-order chi connectivity index (χ1) is 6.22. The molecule has 0 radical (unpaired) electrons. The third-order valence-corrected chi connectivity index (χ3v) is 2.46. The maximum Gasteiger partial charge on any atom is 0.0702 e. The molecular formula is C10H21NO2. The van der Waals surface area contributed by atoms with Crippen LogP contribution in [0.15, 0.2) is 0 Å². The minimum atomic E-state index is -0.235. The molecule has 0 saturated carbocycles. The Morgan fingerprint density at radius 3 is 2.85 bits per heavy atom. The molecule has 2 unspecified atom stereocenters. The molecule has 1 saturated heterocycles. The highest BCUT2D eigenvalue weighted by Crippen LogP contribution is 2.13. The van der Waals surface area contributed by atoms with Gasteiger partial charge in [0.1, 0.15) is 0 Å². The van der Waals surface area contributed by atoms with Gasteiger partial charge in [0.25, 0.3) is 0 Å². The molecule has 1 heterocycles. The van der Waals surface area contributed by atoms with Crippen LogP contribution in [-0.2, 0) is 4.74 Å². The van der Waals surface area contributed by atoms with E-state index < -0.39 is 0 Å².